The lowest BCUT2D eigenvalue weighted by Crippen LogP contribution is -2.23. The summed E-state index contributed by atoms with van der Waals surface area (Å²) in [6.07, 6.45) is 1.60. The molecule has 0 saturated heterocycles. The highest BCUT2D eigenvalue weighted by Gasteiger charge is 2.09. The highest BCUT2D eigenvalue weighted by Crippen LogP contribution is 2.28. The number of carbonyl (C=O) groups excluding carboxylic acids is 1. The van der Waals surface area contributed by atoms with Crippen molar-refractivity contribution in [3.05, 3.63) is 82.6 Å². The number of aromatic nitrogens is 1. The molecule has 2 N–H and O–H groups in total. The summed E-state index contributed by atoms with van der Waals surface area (Å²) in [5.74, 6) is 0.482. The summed E-state index contributed by atoms with van der Waals surface area (Å²) in [6.45, 7) is 2.41. The van der Waals surface area contributed by atoms with Gasteiger partial charge >= 0.3 is 0 Å². The maximum Gasteiger partial charge on any atom is 0.270 e. The summed E-state index contributed by atoms with van der Waals surface area (Å²) in [5, 5.41) is 6.80. The predicted octanol–water partition coefficient (Wildman–Crippen LogP) is 4.73. The number of nitrogens with zero attached hydrogens (tertiary/aromatic N) is 1. The van der Waals surface area contributed by atoms with E-state index in [9.17, 15) is 4.79 Å². The zero-order valence-electron chi connectivity index (χ0n) is 15.1. The number of hydrogen-bond donors (Lipinski definition) is 2. The van der Waals surface area contributed by atoms with E-state index in [1.54, 1.807) is 37.6 Å². The number of ether oxygens (including phenoxy) is 1. The van der Waals surface area contributed by atoms with Crippen LogP contribution >= 0.6 is 11.6 Å². The summed E-state index contributed by atoms with van der Waals surface area (Å²) in [5.41, 5.74) is 3.99. The quantitative estimate of drug-likeness (QED) is 0.648. The lowest BCUT2D eigenvalue weighted by molar-refractivity contribution is 0.0946. The van der Waals surface area contributed by atoms with Gasteiger partial charge in [-0.2, -0.15) is 0 Å². The maximum absolute atomic E-state index is 12.4. The fourth-order valence-electron chi connectivity index (χ4n) is 2.58. The van der Waals surface area contributed by atoms with Crippen molar-refractivity contribution in [1.82, 2.24) is 10.3 Å². The standard InChI is InChI=1S/C21H20ClN3O2/c1-14-3-8-20(27-2)18(11-14)25-17-9-10-23-19(12-17)21(26)24-13-15-4-6-16(22)7-5-15/h3-12H,13H2,1-2H3,(H,23,25)(H,24,26). The smallest absolute Gasteiger partial charge is 0.270 e. The molecule has 0 unspecified atom stereocenters. The fraction of sp³-hybridized carbons (Fsp3) is 0.143. The van der Waals surface area contributed by atoms with Gasteiger partial charge in [-0.05, 0) is 54.4 Å². The van der Waals surface area contributed by atoms with Crippen molar-refractivity contribution in [3.63, 3.8) is 0 Å². The highest BCUT2D eigenvalue weighted by atomic mass is 35.5. The molecule has 0 bridgehead atoms. The van der Waals surface area contributed by atoms with Crippen molar-refractivity contribution in [2.45, 2.75) is 13.5 Å². The number of anilines is 2. The number of rotatable bonds is 6. The summed E-state index contributed by atoms with van der Waals surface area (Å²) in [6, 6.07) is 16.7. The van der Waals surface area contributed by atoms with E-state index in [0.717, 1.165) is 28.3 Å². The number of aryl methyl sites for hydroxylation is 1. The van der Waals surface area contributed by atoms with Gasteiger partial charge in [-0.1, -0.05) is 29.8 Å². The van der Waals surface area contributed by atoms with Crippen LogP contribution in [0, 0.1) is 6.92 Å². The van der Waals surface area contributed by atoms with Gasteiger partial charge < -0.3 is 15.4 Å². The molecule has 0 atom stereocenters. The molecule has 3 rings (SSSR count). The average molecular weight is 382 g/mol. The van der Waals surface area contributed by atoms with Crippen LogP contribution in [0.2, 0.25) is 5.02 Å². The van der Waals surface area contributed by atoms with Crippen molar-refractivity contribution in [1.29, 1.82) is 0 Å². The average Bonchev–Trinajstić information content (AvgIpc) is 2.68. The molecule has 27 heavy (non-hydrogen) atoms. The number of methoxy groups -OCH3 is 1. The van der Waals surface area contributed by atoms with E-state index in [4.69, 9.17) is 16.3 Å². The number of hydrogen-bond acceptors (Lipinski definition) is 4. The van der Waals surface area contributed by atoms with Gasteiger partial charge in [-0.15, -0.1) is 0 Å². The van der Waals surface area contributed by atoms with Crippen LogP contribution in [0.4, 0.5) is 11.4 Å². The van der Waals surface area contributed by atoms with Crippen LogP contribution in [-0.2, 0) is 6.54 Å². The molecule has 2 aromatic carbocycles. The predicted molar refractivity (Wildman–Crippen MR) is 108 cm³/mol. The van der Waals surface area contributed by atoms with Crippen molar-refractivity contribution < 1.29 is 9.53 Å². The van der Waals surface area contributed by atoms with E-state index in [1.807, 2.05) is 37.3 Å². The third-order valence-corrected chi connectivity index (χ3v) is 4.24. The molecule has 3 aromatic rings. The van der Waals surface area contributed by atoms with Gasteiger partial charge in [0.15, 0.2) is 0 Å². The Morgan fingerprint density at radius 1 is 1.11 bits per heavy atom. The monoisotopic (exact) mass is 381 g/mol. The minimum atomic E-state index is -0.246. The summed E-state index contributed by atoms with van der Waals surface area (Å²) >= 11 is 5.87. The lowest BCUT2D eigenvalue weighted by atomic mass is 10.2. The van der Waals surface area contributed by atoms with Gasteiger partial charge in [-0.25, -0.2) is 0 Å². The second kappa shape index (κ2) is 8.56. The molecule has 1 heterocycles. The third kappa shape index (κ3) is 4.99. The second-order valence-corrected chi connectivity index (χ2v) is 6.50. The van der Waals surface area contributed by atoms with E-state index in [1.165, 1.54) is 0 Å². The van der Waals surface area contributed by atoms with Gasteiger partial charge in [0.1, 0.15) is 11.4 Å². The van der Waals surface area contributed by atoms with E-state index in [2.05, 4.69) is 15.6 Å². The van der Waals surface area contributed by atoms with Crippen LogP contribution in [0.25, 0.3) is 0 Å². The largest absolute Gasteiger partial charge is 0.495 e. The molecule has 0 spiro atoms. The zero-order chi connectivity index (χ0) is 19.2. The minimum absolute atomic E-state index is 0.246. The normalized spacial score (nSPS) is 10.3. The fourth-order valence-corrected chi connectivity index (χ4v) is 2.71. The SMILES string of the molecule is COc1ccc(C)cc1Nc1ccnc(C(=O)NCc2ccc(Cl)cc2)c1. The molecule has 1 amide bonds. The topological polar surface area (TPSA) is 63.2 Å². The number of halogens is 1. The first-order chi connectivity index (χ1) is 13.0. The molecular formula is C21H20ClN3O2. The number of nitrogens with one attached hydrogen (secondary N) is 2. The Bertz CT molecular complexity index is 942. The molecule has 0 aliphatic rings. The summed E-state index contributed by atoms with van der Waals surface area (Å²) in [7, 11) is 1.62. The maximum atomic E-state index is 12.4. The Morgan fingerprint density at radius 2 is 1.89 bits per heavy atom. The van der Waals surface area contributed by atoms with Crippen molar-refractivity contribution in [2.24, 2.45) is 0 Å². The lowest BCUT2D eigenvalue weighted by Gasteiger charge is -2.12. The Labute approximate surface area is 163 Å². The summed E-state index contributed by atoms with van der Waals surface area (Å²) < 4.78 is 5.38. The molecule has 0 aliphatic heterocycles. The van der Waals surface area contributed by atoms with Gasteiger partial charge in [0, 0.05) is 23.5 Å². The molecule has 5 nitrogen and oxygen atoms in total. The Kier molecular flexibility index (Phi) is 5.94. The molecule has 0 saturated carbocycles. The Hall–Kier alpha value is -3.05. The van der Waals surface area contributed by atoms with Gasteiger partial charge in [-0.3, -0.25) is 9.78 Å². The first kappa shape index (κ1) is 18.7. The van der Waals surface area contributed by atoms with E-state index < -0.39 is 0 Å². The number of carbonyl (C=O) groups is 1. The van der Waals surface area contributed by atoms with Crippen LogP contribution in [-0.4, -0.2) is 18.0 Å². The van der Waals surface area contributed by atoms with Crippen molar-refractivity contribution >= 4 is 28.9 Å². The first-order valence-electron chi connectivity index (χ1n) is 8.45. The molecular weight excluding hydrogens is 362 g/mol. The number of amides is 1. The Balaban J connectivity index is 1.70. The van der Waals surface area contributed by atoms with E-state index in [0.29, 0.717) is 17.3 Å². The molecule has 6 heteroatoms. The van der Waals surface area contributed by atoms with Gasteiger partial charge in [0.25, 0.3) is 5.91 Å². The van der Waals surface area contributed by atoms with Crippen LogP contribution in [0.3, 0.4) is 0 Å². The third-order valence-electron chi connectivity index (χ3n) is 3.99. The number of benzene rings is 2. The van der Waals surface area contributed by atoms with Crippen LogP contribution in [0.1, 0.15) is 21.6 Å². The first-order valence-corrected chi connectivity index (χ1v) is 8.83. The molecule has 0 aliphatic carbocycles. The molecule has 0 radical (unpaired) electrons. The minimum Gasteiger partial charge on any atom is -0.495 e. The molecule has 0 fully saturated rings. The zero-order valence-corrected chi connectivity index (χ0v) is 15.9. The van der Waals surface area contributed by atoms with Crippen molar-refractivity contribution in [3.8, 4) is 5.75 Å². The van der Waals surface area contributed by atoms with Gasteiger partial charge in [0.2, 0.25) is 0 Å². The van der Waals surface area contributed by atoms with Gasteiger partial charge in [0.05, 0.1) is 12.8 Å². The Morgan fingerprint density at radius 3 is 2.63 bits per heavy atom. The number of pyridine rings is 1. The second-order valence-electron chi connectivity index (χ2n) is 6.07. The highest BCUT2D eigenvalue weighted by molar-refractivity contribution is 6.30. The van der Waals surface area contributed by atoms with E-state index >= 15 is 0 Å². The molecule has 1 aromatic heterocycles. The van der Waals surface area contributed by atoms with Crippen LogP contribution < -0.4 is 15.4 Å². The van der Waals surface area contributed by atoms with Crippen molar-refractivity contribution in [2.75, 3.05) is 12.4 Å². The van der Waals surface area contributed by atoms with Crippen LogP contribution in [0.5, 0.6) is 5.75 Å². The van der Waals surface area contributed by atoms with E-state index in [-0.39, 0.29) is 5.91 Å². The van der Waals surface area contributed by atoms with Crippen LogP contribution in [0.15, 0.2) is 60.8 Å². The molecule has 138 valence electrons. The summed E-state index contributed by atoms with van der Waals surface area (Å²) in [4.78, 5) is 16.6.